The van der Waals surface area contributed by atoms with Crippen molar-refractivity contribution in [1.82, 2.24) is 24.3 Å². The summed E-state index contributed by atoms with van der Waals surface area (Å²) in [6.45, 7) is 6.81. The third-order valence-corrected chi connectivity index (χ3v) is 6.58. The number of nitrogens with zero attached hydrogens (tertiary/aromatic N) is 6. The molecule has 2 aromatic carbocycles. The second kappa shape index (κ2) is 8.23. The molecule has 162 valence electrons. The second-order valence-corrected chi connectivity index (χ2v) is 8.58. The molecule has 0 aliphatic carbocycles. The van der Waals surface area contributed by atoms with Crippen molar-refractivity contribution < 1.29 is 4.79 Å². The molecule has 2 amide bonds. The van der Waals surface area contributed by atoms with E-state index in [-0.39, 0.29) is 6.03 Å². The van der Waals surface area contributed by atoms with Gasteiger partial charge in [-0.2, -0.15) is 0 Å². The van der Waals surface area contributed by atoms with Crippen LogP contribution in [-0.2, 0) is 7.05 Å². The van der Waals surface area contributed by atoms with E-state index in [2.05, 4.69) is 64.9 Å². The van der Waals surface area contributed by atoms with E-state index in [4.69, 9.17) is 4.98 Å². The summed E-state index contributed by atoms with van der Waals surface area (Å²) in [5.74, 6) is 0.979. The van der Waals surface area contributed by atoms with Crippen molar-refractivity contribution >= 4 is 22.8 Å². The molecule has 31 heavy (non-hydrogen) atoms. The van der Waals surface area contributed by atoms with Gasteiger partial charge in [-0.15, -0.1) is 0 Å². The van der Waals surface area contributed by atoms with Crippen molar-refractivity contribution in [3.63, 3.8) is 0 Å². The van der Waals surface area contributed by atoms with E-state index in [1.54, 1.807) is 0 Å². The van der Waals surface area contributed by atoms with Gasteiger partial charge >= 0.3 is 6.03 Å². The van der Waals surface area contributed by atoms with Crippen LogP contribution in [-0.4, -0.2) is 89.7 Å². The Kier molecular flexibility index (Phi) is 5.28. The van der Waals surface area contributed by atoms with E-state index >= 15 is 0 Å². The van der Waals surface area contributed by atoms with Gasteiger partial charge in [0.25, 0.3) is 0 Å². The quantitative estimate of drug-likeness (QED) is 0.642. The minimum absolute atomic E-state index is 0.196. The van der Waals surface area contributed by atoms with Crippen LogP contribution in [0.3, 0.4) is 0 Å². The first-order valence-corrected chi connectivity index (χ1v) is 11.1. The number of piperazine rings is 2. The molecule has 7 heteroatoms. The van der Waals surface area contributed by atoms with Crippen LogP contribution < -0.4 is 4.90 Å². The lowest BCUT2D eigenvalue weighted by Crippen LogP contribution is -2.56. The summed E-state index contributed by atoms with van der Waals surface area (Å²) in [5.41, 5.74) is 4.46. The number of hydrogen-bond donors (Lipinski definition) is 0. The van der Waals surface area contributed by atoms with Gasteiger partial charge in [-0.3, -0.25) is 0 Å². The number of rotatable bonds is 2. The predicted octanol–water partition coefficient (Wildman–Crippen LogP) is 2.73. The lowest BCUT2D eigenvalue weighted by atomic mass is 10.1. The van der Waals surface area contributed by atoms with Crippen LogP contribution in [0.15, 0.2) is 48.5 Å². The molecule has 5 rings (SSSR count). The molecular weight excluding hydrogens is 388 g/mol. The van der Waals surface area contributed by atoms with E-state index in [1.807, 2.05) is 21.9 Å². The maximum atomic E-state index is 12.9. The van der Waals surface area contributed by atoms with Gasteiger partial charge in [0.15, 0.2) is 0 Å². The highest BCUT2D eigenvalue weighted by molar-refractivity contribution is 5.81. The molecule has 0 radical (unpaired) electrons. The Morgan fingerprint density at radius 1 is 0.806 bits per heavy atom. The highest BCUT2D eigenvalue weighted by Gasteiger charge is 2.27. The number of amides is 2. The Morgan fingerprint density at radius 2 is 1.48 bits per heavy atom. The van der Waals surface area contributed by atoms with Gasteiger partial charge < -0.3 is 24.2 Å². The lowest BCUT2D eigenvalue weighted by molar-refractivity contribution is 0.120. The van der Waals surface area contributed by atoms with E-state index in [9.17, 15) is 4.79 Å². The molecule has 3 aromatic rings. The second-order valence-electron chi connectivity index (χ2n) is 8.58. The maximum Gasteiger partial charge on any atom is 0.320 e. The summed E-state index contributed by atoms with van der Waals surface area (Å²) in [4.78, 5) is 26.4. The third kappa shape index (κ3) is 3.85. The Hall–Kier alpha value is -3.06. The normalized spacial score (nSPS) is 18.1. The summed E-state index contributed by atoms with van der Waals surface area (Å²) in [7, 11) is 4.18. The topological polar surface area (TPSA) is 47.9 Å². The van der Waals surface area contributed by atoms with Gasteiger partial charge in [-0.05, 0) is 31.3 Å². The number of hydrogen-bond acceptors (Lipinski definition) is 4. The molecule has 3 heterocycles. The molecule has 2 fully saturated rings. The van der Waals surface area contributed by atoms with Crippen molar-refractivity contribution in [1.29, 1.82) is 0 Å². The number of anilines is 1. The number of benzene rings is 2. The fraction of sp³-hybridized carbons (Fsp3) is 0.417. The lowest BCUT2D eigenvalue weighted by Gasteiger charge is -2.40. The number of carbonyl (C=O) groups is 1. The smallest absolute Gasteiger partial charge is 0.320 e. The molecule has 0 bridgehead atoms. The van der Waals surface area contributed by atoms with E-state index in [0.717, 1.165) is 74.8 Å². The molecule has 2 aliphatic heterocycles. The Balaban J connectivity index is 1.28. The van der Waals surface area contributed by atoms with Crippen molar-refractivity contribution in [3.8, 4) is 11.4 Å². The molecule has 0 unspecified atom stereocenters. The average Bonchev–Trinajstić information content (AvgIpc) is 3.16. The van der Waals surface area contributed by atoms with Gasteiger partial charge in [0, 0.05) is 70.7 Å². The fourth-order valence-corrected chi connectivity index (χ4v) is 4.60. The van der Waals surface area contributed by atoms with Crippen molar-refractivity contribution in [3.05, 3.63) is 48.5 Å². The van der Waals surface area contributed by atoms with Crippen LogP contribution in [0.1, 0.15) is 0 Å². The van der Waals surface area contributed by atoms with Gasteiger partial charge in [-0.25, -0.2) is 9.78 Å². The summed E-state index contributed by atoms with van der Waals surface area (Å²) >= 11 is 0. The number of para-hydroxylation sites is 2. The van der Waals surface area contributed by atoms with Gasteiger partial charge in [0.2, 0.25) is 0 Å². The highest BCUT2D eigenvalue weighted by atomic mass is 16.2. The third-order valence-electron chi connectivity index (χ3n) is 6.58. The number of aromatic nitrogens is 2. The molecule has 7 nitrogen and oxygen atoms in total. The minimum Gasteiger partial charge on any atom is -0.368 e. The Morgan fingerprint density at radius 3 is 2.19 bits per heavy atom. The fourth-order valence-electron chi connectivity index (χ4n) is 4.60. The van der Waals surface area contributed by atoms with Crippen LogP contribution in [0.2, 0.25) is 0 Å². The first-order valence-electron chi connectivity index (χ1n) is 11.1. The zero-order chi connectivity index (χ0) is 21.4. The zero-order valence-corrected chi connectivity index (χ0v) is 18.4. The van der Waals surface area contributed by atoms with Crippen LogP contribution in [0.25, 0.3) is 22.4 Å². The van der Waals surface area contributed by atoms with Gasteiger partial charge in [0.05, 0.1) is 11.0 Å². The molecule has 0 saturated carbocycles. The van der Waals surface area contributed by atoms with Crippen LogP contribution >= 0.6 is 0 Å². The van der Waals surface area contributed by atoms with Gasteiger partial charge in [-0.1, -0.05) is 24.3 Å². The maximum absolute atomic E-state index is 12.9. The minimum atomic E-state index is 0.196. The van der Waals surface area contributed by atoms with Crippen molar-refractivity contribution in [2.24, 2.45) is 7.05 Å². The number of likely N-dealkylation sites (N-methyl/N-ethyl adjacent to an activating group) is 1. The number of carbonyl (C=O) groups excluding carboxylic acids is 1. The SMILES string of the molecule is CN1CCN(C(=O)N2CCN(c3cccc(-c4nc5ccccc5n4C)c3)CC2)CC1. The predicted molar refractivity (Wildman–Crippen MR) is 124 cm³/mol. The number of fused-ring (bicyclic) bond motifs is 1. The van der Waals surface area contributed by atoms with E-state index in [1.165, 1.54) is 5.69 Å². The molecule has 2 saturated heterocycles. The molecule has 0 spiro atoms. The molecule has 1 aromatic heterocycles. The summed E-state index contributed by atoms with van der Waals surface area (Å²) in [5, 5.41) is 0. The monoisotopic (exact) mass is 418 g/mol. The zero-order valence-electron chi connectivity index (χ0n) is 18.4. The first-order chi connectivity index (χ1) is 15.1. The summed E-state index contributed by atoms with van der Waals surface area (Å²) in [6.07, 6.45) is 0. The molecule has 0 atom stereocenters. The van der Waals surface area contributed by atoms with E-state index in [0.29, 0.717) is 0 Å². The van der Waals surface area contributed by atoms with E-state index < -0.39 is 0 Å². The van der Waals surface area contributed by atoms with Crippen LogP contribution in [0.5, 0.6) is 0 Å². The number of aryl methyl sites for hydroxylation is 1. The first kappa shape index (κ1) is 19.9. The highest BCUT2D eigenvalue weighted by Crippen LogP contribution is 2.27. The van der Waals surface area contributed by atoms with Crippen LogP contribution in [0.4, 0.5) is 10.5 Å². The Labute approximate surface area is 183 Å². The summed E-state index contributed by atoms with van der Waals surface area (Å²) in [6, 6.07) is 17.0. The van der Waals surface area contributed by atoms with Crippen molar-refractivity contribution in [2.75, 3.05) is 64.3 Å². The molecule has 2 aliphatic rings. The summed E-state index contributed by atoms with van der Waals surface area (Å²) < 4.78 is 2.15. The number of imidazole rings is 1. The van der Waals surface area contributed by atoms with Gasteiger partial charge in [0.1, 0.15) is 5.82 Å². The Bertz CT molecular complexity index is 1080. The molecular formula is C24H30N6O. The van der Waals surface area contributed by atoms with Crippen molar-refractivity contribution in [2.45, 2.75) is 0 Å². The standard InChI is InChI=1S/C24H30N6O/c1-26-10-12-29(13-11-26)24(31)30-16-14-28(15-17-30)20-7-5-6-19(18-20)23-25-21-8-3-4-9-22(21)27(23)2/h3-9,18H,10-17H2,1-2H3. The van der Waals surface area contributed by atoms with Crippen LogP contribution in [0, 0.1) is 0 Å². The molecule has 0 N–H and O–H groups in total. The average molecular weight is 419 g/mol. The number of urea groups is 1. The largest absolute Gasteiger partial charge is 0.368 e.